The lowest BCUT2D eigenvalue weighted by atomic mass is 10.1. The van der Waals surface area contributed by atoms with Crippen LogP contribution in [0.4, 0.5) is 11.4 Å². The van der Waals surface area contributed by atoms with Gasteiger partial charge in [-0.05, 0) is 31.0 Å². The number of nitrogen functional groups attached to an aromatic ring is 1. The van der Waals surface area contributed by atoms with Crippen molar-refractivity contribution in [3.8, 4) is 5.75 Å². The highest BCUT2D eigenvalue weighted by atomic mass is 16.5. The number of nitrogens with two attached hydrogens (primary N) is 1. The van der Waals surface area contributed by atoms with Crippen LogP contribution in [0.3, 0.4) is 0 Å². The molecule has 1 heterocycles. The molecule has 1 aromatic rings. The Morgan fingerprint density at radius 1 is 1.53 bits per heavy atom. The van der Waals surface area contributed by atoms with Gasteiger partial charge in [0.1, 0.15) is 0 Å². The Labute approximate surface area is 88.4 Å². The molecule has 80 valence electrons. The minimum atomic E-state index is -0.479. The number of benzene rings is 1. The van der Waals surface area contributed by atoms with Crippen LogP contribution in [0.15, 0.2) is 12.1 Å². The maximum Gasteiger partial charge on any atom is 0.265 e. The lowest BCUT2D eigenvalue weighted by molar-refractivity contribution is -0.122. The van der Waals surface area contributed by atoms with Crippen molar-refractivity contribution < 1.29 is 9.53 Å². The lowest BCUT2D eigenvalue weighted by Gasteiger charge is -2.25. The van der Waals surface area contributed by atoms with Crippen molar-refractivity contribution in [2.75, 3.05) is 11.1 Å². The van der Waals surface area contributed by atoms with E-state index in [1.807, 2.05) is 19.1 Å². The Morgan fingerprint density at radius 2 is 2.27 bits per heavy atom. The molecule has 4 nitrogen and oxygen atoms in total. The summed E-state index contributed by atoms with van der Waals surface area (Å²) in [5, 5.41) is 2.78. The Balaban J connectivity index is 2.48. The van der Waals surface area contributed by atoms with Crippen LogP contribution in [0.25, 0.3) is 0 Å². The normalized spacial score (nSPS) is 19.1. The zero-order valence-electron chi connectivity index (χ0n) is 8.83. The maximum absolute atomic E-state index is 11.4. The van der Waals surface area contributed by atoms with E-state index in [0.29, 0.717) is 17.1 Å². The lowest BCUT2D eigenvalue weighted by Crippen LogP contribution is -2.34. The van der Waals surface area contributed by atoms with E-state index < -0.39 is 6.10 Å². The van der Waals surface area contributed by atoms with E-state index in [9.17, 15) is 4.79 Å². The maximum atomic E-state index is 11.4. The Morgan fingerprint density at radius 3 is 2.93 bits per heavy atom. The number of hydrogen-bond donors (Lipinski definition) is 2. The summed E-state index contributed by atoms with van der Waals surface area (Å²) in [7, 11) is 0. The molecule has 0 fully saturated rings. The number of fused-ring (bicyclic) bond motifs is 1. The molecular weight excluding hydrogens is 192 g/mol. The van der Waals surface area contributed by atoms with Gasteiger partial charge in [-0.25, -0.2) is 0 Å². The fourth-order valence-corrected chi connectivity index (χ4v) is 1.61. The second kappa shape index (κ2) is 3.46. The number of carbonyl (C=O) groups excluding carboxylic acids is 1. The summed E-state index contributed by atoms with van der Waals surface area (Å²) in [6.45, 7) is 3.74. The third-order valence-corrected chi connectivity index (χ3v) is 2.51. The highest BCUT2D eigenvalue weighted by Gasteiger charge is 2.25. The summed E-state index contributed by atoms with van der Waals surface area (Å²) >= 11 is 0. The minimum Gasteiger partial charge on any atom is -0.477 e. The number of amides is 1. The standard InChI is InChI=1S/C11H14N2O2/c1-3-7-4-8(12)10-9(5-7)13-11(14)6(2)15-10/h4-6H,3,12H2,1-2H3,(H,13,14). The Hall–Kier alpha value is -1.71. The minimum absolute atomic E-state index is 0.129. The van der Waals surface area contributed by atoms with Crippen LogP contribution in [0.5, 0.6) is 5.75 Å². The number of hydrogen-bond acceptors (Lipinski definition) is 3. The first-order chi connectivity index (χ1) is 7.11. The molecule has 0 bridgehead atoms. The molecule has 0 aromatic heterocycles. The van der Waals surface area contributed by atoms with Crippen molar-refractivity contribution in [3.05, 3.63) is 17.7 Å². The first-order valence-electron chi connectivity index (χ1n) is 5.01. The van der Waals surface area contributed by atoms with Crippen LogP contribution in [0.1, 0.15) is 19.4 Å². The average molecular weight is 206 g/mol. The Kier molecular flexibility index (Phi) is 2.26. The summed E-state index contributed by atoms with van der Waals surface area (Å²) in [6.07, 6.45) is 0.399. The zero-order valence-corrected chi connectivity index (χ0v) is 8.83. The fourth-order valence-electron chi connectivity index (χ4n) is 1.61. The summed E-state index contributed by atoms with van der Waals surface area (Å²) in [6, 6.07) is 3.78. The van der Waals surface area contributed by atoms with E-state index in [2.05, 4.69) is 5.32 Å². The molecule has 0 radical (unpaired) electrons. The van der Waals surface area contributed by atoms with E-state index in [0.717, 1.165) is 12.0 Å². The third-order valence-electron chi connectivity index (χ3n) is 2.51. The van der Waals surface area contributed by atoms with E-state index in [4.69, 9.17) is 10.5 Å². The van der Waals surface area contributed by atoms with Gasteiger partial charge in [-0.15, -0.1) is 0 Å². The SMILES string of the molecule is CCc1cc(N)c2c(c1)NC(=O)C(C)O2. The van der Waals surface area contributed by atoms with Crippen molar-refractivity contribution in [2.24, 2.45) is 0 Å². The van der Waals surface area contributed by atoms with Crippen molar-refractivity contribution in [3.63, 3.8) is 0 Å². The van der Waals surface area contributed by atoms with E-state index in [1.54, 1.807) is 6.92 Å². The van der Waals surface area contributed by atoms with Crippen LogP contribution in [0, 0.1) is 0 Å². The summed E-state index contributed by atoms with van der Waals surface area (Å²) in [5.41, 5.74) is 8.19. The van der Waals surface area contributed by atoms with Gasteiger partial charge < -0.3 is 15.8 Å². The molecule has 0 saturated heterocycles. The van der Waals surface area contributed by atoms with Crippen LogP contribution in [0.2, 0.25) is 0 Å². The highest BCUT2D eigenvalue weighted by Crippen LogP contribution is 2.36. The number of aryl methyl sites for hydroxylation is 1. The molecule has 1 aromatic carbocycles. The van der Waals surface area contributed by atoms with Crippen LogP contribution >= 0.6 is 0 Å². The number of ether oxygens (including phenoxy) is 1. The average Bonchev–Trinajstić information content (AvgIpc) is 2.21. The second-order valence-electron chi connectivity index (χ2n) is 3.66. The van der Waals surface area contributed by atoms with E-state index >= 15 is 0 Å². The summed E-state index contributed by atoms with van der Waals surface area (Å²) in [4.78, 5) is 11.4. The van der Waals surface area contributed by atoms with Crippen LogP contribution < -0.4 is 15.8 Å². The smallest absolute Gasteiger partial charge is 0.265 e. The molecule has 0 aliphatic carbocycles. The monoisotopic (exact) mass is 206 g/mol. The van der Waals surface area contributed by atoms with Gasteiger partial charge in [-0.1, -0.05) is 6.92 Å². The molecule has 1 aliphatic rings. The molecular formula is C11H14N2O2. The predicted octanol–water partition coefficient (Wildman–Crippen LogP) is 1.55. The molecule has 1 atom stereocenters. The third kappa shape index (κ3) is 1.63. The van der Waals surface area contributed by atoms with Gasteiger partial charge in [0.25, 0.3) is 5.91 Å². The first-order valence-corrected chi connectivity index (χ1v) is 5.01. The van der Waals surface area contributed by atoms with Crippen molar-refractivity contribution in [2.45, 2.75) is 26.4 Å². The van der Waals surface area contributed by atoms with Crippen molar-refractivity contribution >= 4 is 17.3 Å². The van der Waals surface area contributed by atoms with Gasteiger partial charge in [0.2, 0.25) is 0 Å². The predicted molar refractivity (Wildman–Crippen MR) is 59.0 cm³/mol. The largest absolute Gasteiger partial charge is 0.477 e. The van der Waals surface area contributed by atoms with E-state index in [1.165, 1.54) is 0 Å². The summed E-state index contributed by atoms with van der Waals surface area (Å²) < 4.78 is 5.44. The molecule has 2 rings (SSSR count). The van der Waals surface area contributed by atoms with Gasteiger partial charge in [0, 0.05) is 0 Å². The van der Waals surface area contributed by atoms with Gasteiger partial charge in [0.05, 0.1) is 11.4 Å². The number of carbonyl (C=O) groups is 1. The van der Waals surface area contributed by atoms with Gasteiger partial charge in [-0.2, -0.15) is 0 Å². The summed E-state index contributed by atoms with van der Waals surface area (Å²) in [5.74, 6) is 0.453. The van der Waals surface area contributed by atoms with E-state index in [-0.39, 0.29) is 5.91 Å². The van der Waals surface area contributed by atoms with Crippen LogP contribution in [-0.4, -0.2) is 12.0 Å². The topological polar surface area (TPSA) is 64.3 Å². The first kappa shape index (κ1) is 9.83. The van der Waals surface area contributed by atoms with Crippen LogP contribution in [-0.2, 0) is 11.2 Å². The molecule has 15 heavy (non-hydrogen) atoms. The number of rotatable bonds is 1. The Bertz CT molecular complexity index is 415. The zero-order chi connectivity index (χ0) is 11.0. The molecule has 1 amide bonds. The highest BCUT2D eigenvalue weighted by molar-refractivity contribution is 5.99. The van der Waals surface area contributed by atoms with Gasteiger partial charge >= 0.3 is 0 Å². The second-order valence-corrected chi connectivity index (χ2v) is 3.66. The quantitative estimate of drug-likeness (QED) is 0.685. The molecule has 1 unspecified atom stereocenters. The van der Waals surface area contributed by atoms with Gasteiger partial charge in [0.15, 0.2) is 11.9 Å². The fraction of sp³-hybridized carbons (Fsp3) is 0.364. The van der Waals surface area contributed by atoms with Crippen molar-refractivity contribution in [1.82, 2.24) is 0 Å². The molecule has 0 spiro atoms. The number of nitrogens with one attached hydrogen (secondary N) is 1. The molecule has 3 N–H and O–H groups in total. The molecule has 4 heteroatoms. The van der Waals surface area contributed by atoms with Gasteiger partial charge in [-0.3, -0.25) is 4.79 Å². The number of anilines is 2. The molecule has 0 saturated carbocycles. The van der Waals surface area contributed by atoms with Crippen molar-refractivity contribution in [1.29, 1.82) is 0 Å². The molecule has 1 aliphatic heterocycles.